The number of para-hydroxylation sites is 2. The number of hydrogen-bond donors (Lipinski definition) is 1. The van der Waals surface area contributed by atoms with Crippen LogP contribution in [0.1, 0.15) is 26.7 Å². The van der Waals surface area contributed by atoms with Crippen LogP contribution in [0.4, 0.5) is 5.69 Å². The zero-order valence-corrected chi connectivity index (χ0v) is 13.0. The van der Waals surface area contributed by atoms with Crippen molar-refractivity contribution in [2.45, 2.75) is 32.7 Å². The quantitative estimate of drug-likeness (QED) is 0.670. The van der Waals surface area contributed by atoms with Gasteiger partial charge in [-0.05, 0) is 25.0 Å². The Balaban J connectivity index is 2.47. The maximum absolute atomic E-state index is 5.87. The van der Waals surface area contributed by atoms with Gasteiger partial charge in [-0.1, -0.05) is 26.0 Å². The Morgan fingerprint density at radius 2 is 1.75 bits per heavy atom. The molecule has 0 bridgehead atoms. The summed E-state index contributed by atoms with van der Waals surface area (Å²) in [6.07, 6.45) is 2.29. The van der Waals surface area contributed by atoms with Crippen LogP contribution in [0.25, 0.3) is 0 Å². The predicted molar refractivity (Wildman–Crippen MR) is 84.2 cm³/mol. The molecule has 1 rings (SSSR count). The summed E-state index contributed by atoms with van der Waals surface area (Å²) in [7, 11) is 1.74. The summed E-state index contributed by atoms with van der Waals surface area (Å²) < 4.78 is 11.0. The fourth-order valence-electron chi connectivity index (χ4n) is 2.38. The third-order valence-corrected chi connectivity index (χ3v) is 3.60. The van der Waals surface area contributed by atoms with Crippen molar-refractivity contribution < 1.29 is 9.47 Å². The largest absolute Gasteiger partial charge is 0.490 e. The van der Waals surface area contributed by atoms with E-state index in [-0.39, 0.29) is 0 Å². The first-order valence-corrected chi connectivity index (χ1v) is 7.43. The number of methoxy groups -OCH3 is 1. The van der Waals surface area contributed by atoms with E-state index in [2.05, 4.69) is 18.7 Å². The maximum atomic E-state index is 5.87. The van der Waals surface area contributed by atoms with Gasteiger partial charge in [-0.3, -0.25) is 4.90 Å². The normalized spacial score (nSPS) is 11.2. The van der Waals surface area contributed by atoms with Crippen molar-refractivity contribution >= 4 is 5.69 Å². The highest BCUT2D eigenvalue weighted by molar-refractivity contribution is 5.51. The molecule has 4 nitrogen and oxygen atoms in total. The molecule has 4 heteroatoms. The summed E-state index contributed by atoms with van der Waals surface area (Å²) in [5.74, 6) is 0.767. The minimum absolute atomic E-state index is 0.585. The van der Waals surface area contributed by atoms with Crippen LogP contribution in [-0.4, -0.2) is 44.4 Å². The highest BCUT2D eigenvalue weighted by Gasteiger charge is 2.14. The molecule has 0 saturated carbocycles. The molecule has 0 amide bonds. The summed E-state index contributed by atoms with van der Waals surface area (Å²) in [5, 5.41) is 0. The van der Waals surface area contributed by atoms with Gasteiger partial charge in [0.05, 0.1) is 12.3 Å². The van der Waals surface area contributed by atoms with Crippen LogP contribution in [0.5, 0.6) is 5.75 Å². The summed E-state index contributed by atoms with van der Waals surface area (Å²) in [4.78, 5) is 2.43. The van der Waals surface area contributed by atoms with Crippen LogP contribution in [0.15, 0.2) is 24.3 Å². The number of benzene rings is 1. The lowest BCUT2D eigenvalue weighted by Crippen LogP contribution is -2.39. The predicted octanol–water partition coefficient (Wildman–Crippen LogP) is 2.78. The number of nitrogens with zero attached hydrogens (tertiary/aromatic N) is 1. The Morgan fingerprint density at radius 1 is 1.10 bits per heavy atom. The average molecular weight is 280 g/mol. The molecule has 114 valence electrons. The molecule has 0 aliphatic rings. The van der Waals surface area contributed by atoms with Crippen molar-refractivity contribution in [2.75, 3.05) is 39.1 Å². The van der Waals surface area contributed by atoms with E-state index in [1.165, 1.54) is 0 Å². The van der Waals surface area contributed by atoms with E-state index in [9.17, 15) is 0 Å². The number of hydrogen-bond acceptors (Lipinski definition) is 4. The lowest BCUT2D eigenvalue weighted by atomic mass is 10.1. The third-order valence-electron chi connectivity index (χ3n) is 3.60. The van der Waals surface area contributed by atoms with E-state index in [1.807, 2.05) is 24.3 Å². The van der Waals surface area contributed by atoms with Crippen molar-refractivity contribution in [3.05, 3.63) is 24.3 Å². The molecule has 0 saturated heterocycles. The Labute approximate surface area is 122 Å². The van der Waals surface area contributed by atoms with Crippen molar-refractivity contribution in [1.82, 2.24) is 4.90 Å². The van der Waals surface area contributed by atoms with Crippen molar-refractivity contribution in [3.8, 4) is 5.75 Å². The summed E-state index contributed by atoms with van der Waals surface area (Å²) in [5.41, 5.74) is 6.56. The third kappa shape index (κ3) is 5.39. The van der Waals surface area contributed by atoms with E-state index in [0.29, 0.717) is 18.3 Å². The van der Waals surface area contributed by atoms with Gasteiger partial charge < -0.3 is 15.2 Å². The molecule has 20 heavy (non-hydrogen) atoms. The summed E-state index contributed by atoms with van der Waals surface area (Å²) in [6, 6.07) is 8.21. The fraction of sp³-hybridized carbons (Fsp3) is 0.625. The van der Waals surface area contributed by atoms with Crippen molar-refractivity contribution in [2.24, 2.45) is 0 Å². The number of anilines is 1. The molecule has 0 aromatic heterocycles. The molecule has 0 aliphatic carbocycles. The molecule has 0 atom stereocenters. The standard InChI is InChI=1S/C16H28N2O2/c1-4-14(5-2)18(10-12-19-3)11-13-20-16-9-7-6-8-15(16)17/h6-9,14H,4-5,10-13,17H2,1-3H3. The van der Waals surface area contributed by atoms with Gasteiger partial charge in [0.15, 0.2) is 0 Å². The lowest BCUT2D eigenvalue weighted by molar-refractivity contribution is 0.101. The first-order chi connectivity index (χ1) is 9.72. The molecule has 1 aromatic carbocycles. The molecule has 0 heterocycles. The highest BCUT2D eigenvalue weighted by atomic mass is 16.5. The first-order valence-electron chi connectivity index (χ1n) is 7.43. The molecule has 1 aromatic rings. The van der Waals surface area contributed by atoms with E-state index < -0.39 is 0 Å². The highest BCUT2D eigenvalue weighted by Crippen LogP contribution is 2.19. The Morgan fingerprint density at radius 3 is 2.35 bits per heavy atom. The van der Waals surface area contributed by atoms with Crippen LogP contribution < -0.4 is 10.5 Å². The Kier molecular flexibility index (Phi) is 8.07. The van der Waals surface area contributed by atoms with Gasteiger partial charge >= 0.3 is 0 Å². The molecule has 0 radical (unpaired) electrons. The second kappa shape index (κ2) is 9.61. The van der Waals surface area contributed by atoms with Crippen LogP contribution in [0.2, 0.25) is 0 Å². The second-order valence-corrected chi connectivity index (χ2v) is 4.89. The van der Waals surface area contributed by atoms with E-state index in [4.69, 9.17) is 15.2 Å². The average Bonchev–Trinajstić information content (AvgIpc) is 2.47. The number of rotatable bonds is 10. The van der Waals surface area contributed by atoms with Crippen molar-refractivity contribution in [1.29, 1.82) is 0 Å². The molecular formula is C16H28N2O2. The van der Waals surface area contributed by atoms with Gasteiger partial charge in [0.2, 0.25) is 0 Å². The summed E-state index contributed by atoms with van der Waals surface area (Å²) in [6.45, 7) is 7.69. The molecular weight excluding hydrogens is 252 g/mol. The van der Waals surface area contributed by atoms with Gasteiger partial charge in [0.25, 0.3) is 0 Å². The SMILES string of the molecule is CCC(CC)N(CCOC)CCOc1ccccc1N. The van der Waals surface area contributed by atoms with Crippen LogP contribution in [0, 0.1) is 0 Å². The zero-order valence-electron chi connectivity index (χ0n) is 13.0. The van der Waals surface area contributed by atoms with Gasteiger partial charge in [0, 0.05) is 26.2 Å². The minimum atomic E-state index is 0.585. The number of nitrogen functional groups attached to an aromatic ring is 1. The Hall–Kier alpha value is -1.26. The maximum Gasteiger partial charge on any atom is 0.142 e. The number of ether oxygens (including phenoxy) is 2. The number of nitrogens with two attached hydrogens (primary N) is 1. The molecule has 2 N–H and O–H groups in total. The second-order valence-electron chi connectivity index (χ2n) is 4.89. The molecule has 0 aliphatic heterocycles. The van der Waals surface area contributed by atoms with Gasteiger partial charge in [0.1, 0.15) is 12.4 Å². The summed E-state index contributed by atoms with van der Waals surface area (Å²) >= 11 is 0. The van der Waals surface area contributed by atoms with Gasteiger partial charge in [-0.15, -0.1) is 0 Å². The molecule has 0 spiro atoms. The molecule has 0 fully saturated rings. The van der Waals surface area contributed by atoms with Crippen LogP contribution >= 0.6 is 0 Å². The van der Waals surface area contributed by atoms with Gasteiger partial charge in [-0.2, -0.15) is 0 Å². The van der Waals surface area contributed by atoms with Crippen LogP contribution in [0.3, 0.4) is 0 Å². The fourth-order valence-corrected chi connectivity index (χ4v) is 2.38. The van der Waals surface area contributed by atoms with Crippen LogP contribution in [-0.2, 0) is 4.74 Å². The smallest absolute Gasteiger partial charge is 0.142 e. The monoisotopic (exact) mass is 280 g/mol. The zero-order chi connectivity index (χ0) is 14.8. The topological polar surface area (TPSA) is 47.7 Å². The van der Waals surface area contributed by atoms with E-state index in [0.717, 1.165) is 38.3 Å². The van der Waals surface area contributed by atoms with Gasteiger partial charge in [-0.25, -0.2) is 0 Å². The first kappa shape index (κ1) is 16.8. The van der Waals surface area contributed by atoms with E-state index >= 15 is 0 Å². The van der Waals surface area contributed by atoms with Crippen molar-refractivity contribution in [3.63, 3.8) is 0 Å². The van der Waals surface area contributed by atoms with E-state index in [1.54, 1.807) is 7.11 Å². The minimum Gasteiger partial charge on any atom is -0.490 e. The molecule has 0 unspecified atom stereocenters. The lowest BCUT2D eigenvalue weighted by Gasteiger charge is -2.30. The Bertz CT molecular complexity index is 367.